The average Bonchev–Trinajstić information content (AvgIpc) is 2.52. The highest BCUT2D eigenvalue weighted by atomic mass is 35.5. The smallest absolute Gasteiger partial charge is 0.161 e. The van der Waals surface area contributed by atoms with Gasteiger partial charge >= 0.3 is 0 Å². The summed E-state index contributed by atoms with van der Waals surface area (Å²) in [6, 6.07) is 6.06. The van der Waals surface area contributed by atoms with Crippen molar-refractivity contribution in [3.8, 4) is 11.5 Å². The predicted molar refractivity (Wildman–Crippen MR) is 96.4 cm³/mol. The van der Waals surface area contributed by atoms with Crippen LogP contribution >= 0.6 is 12.4 Å². The molecule has 0 bridgehead atoms. The molecule has 0 aliphatic carbocycles. The van der Waals surface area contributed by atoms with Crippen molar-refractivity contribution in [1.82, 2.24) is 5.32 Å². The minimum Gasteiger partial charge on any atom is -0.493 e. The van der Waals surface area contributed by atoms with E-state index in [4.69, 9.17) is 9.47 Å². The molecule has 22 heavy (non-hydrogen) atoms. The van der Waals surface area contributed by atoms with Gasteiger partial charge in [-0.3, -0.25) is 0 Å². The number of methoxy groups -OCH3 is 1. The minimum atomic E-state index is 0. The van der Waals surface area contributed by atoms with E-state index in [1.807, 2.05) is 12.1 Å². The summed E-state index contributed by atoms with van der Waals surface area (Å²) in [6.45, 7) is 8.32. The second-order valence-corrected chi connectivity index (χ2v) is 5.18. The molecule has 0 unspecified atom stereocenters. The first kappa shape index (κ1) is 20.8. The van der Waals surface area contributed by atoms with E-state index in [1.165, 1.54) is 37.7 Å². The number of ether oxygens (including phenoxy) is 2. The Morgan fingerprint density at radius 3 is 2.59 bits per heavy atom. The number of halogens is 1. The fourth-order valence-corrected chi connectivity index (χ4v) is 2.18. The van der Waals surface area contributed by atoms with Crippen molar-refractivity contribution in [3.05, 3.63) is 36.4 Å². The third-order valence-electron chi connectivity index (χ3n) is 3.37. The molecule has 0 amide bonds. The Kier molecular flexibility index (Phi) is 12.7. The van der Waals surface area contributed by atoms with Gasteiger partial charge in [0.2, 0.25) is 0 Å². The Morgan fingerprint density at radius 1 is 1.14 bits per heavy atom. The van der Waals surface area contributed by atoms with Gasteiger partial charge in [-0.1, -0.05) is 51.3 Å². The summed E-state index contributed by atoms with van der Waals surface area (Å²) in [5.41, 5.74) is 1.21. The zero-order valence-electron chi connectivity index (χ0n) is 13.9. The first-order chi connectivity index (χ1) is 10.3. The van der Waals surface area contributed by atoms with Crippen LogP contribution in [0.2, 0.25) is 0 Å². The standard InChI is InChI=1S/C18H29NO2.ClH/c1-4-6-7-8-9-12-19-15-16-10-11-17(21-13-5-2)18(14-16)20-3;/h5,10-11,14,19H,2,4,6-9,12-13,15H2,1,3H3;1H. The van der Waals surface area contributed by atoms with Gasteiger partial charge in [0.25, 0.3) is 0 Å². The van der Waals surface area contributed by atoms with Crippen LogP contribution in [0.5, 0.6) is 11.5 Å². The van der Waals surface area contributed by atoms with Gasteiger partial charge in [-0.25, -0.2) is 0 Å². The van der Waals surface area contributed by atoms with Crippen LogP contribution in [0, 0.1) is 0 Å². The van der Waals surface area contributed by atoms with Crippen LogP contribution < -0.4 is 14.8 Å². The second-order valence-electron chi connectivity index (χ2n) is 5.18. The number of hydrogen-bond donors (Lipinski definition) is 1. The fraction of sp³-hybridized carbons (Fsp3) is 0.556. The molecule has 0 aliphatic rings. The van der Waals surface area contributed by atoms with E-state index in [1.54, 1.807) is 13.2 Å². The van der Waals surface area contributed by atoms with Crippen LogP contribution in [0.25, 0.3) is 0 Å². The van der Waals surface area contributed by atoms with Gasteiger partial charge in [0.15, 0.2) is 11.5 Å². The van der Waals surface area contributed by atoms with E-state index in [0.717, 1.165) is 24.6 Å². The van der Waals surface area contributed by atoms with Crippen LogP contribution in [0.4, 0.5) is 0 Å². The molecule has 0 saturated heterocycles. The van der Waals surface area contributed by atoms with E-state index in [0.29, 0.717) is 6.61 Å². The van der Waals surface area contributed by atoms with Gasteiger partial charge in [0, 0.05) is 6.54 Å². The maximum atomic E-state index is 5.55. The molecule has 0 heterocycles. The molecule has 0 fully saturated rings. The molecule has 126 valence electrons. The number of nitrogens with one attached hydrogen (secondary N) is 1. The Labute approximate surface area is 141 Å². The molecular formula is C18H30ClNO2. The number of rotatable bonds is 12. The van der Waals surface area contributed by atoms with Gasteiger partial charge in [0.1, 0.15) is 6.61 Å². The third-order valence-corrected chi connectivity index (χ3v) is 3.37. The molecule has 3 nitrogen and oxygen atoms in total. The normalized spacial score (nSPS) is 9.91. The zero-order valence-corrected chi connectivity index (χ0v) is 14.7. The summed E-state index contributed by atoms with van der Waals surface area (Å²) in [7, 11) is 1.67. The van der Waals surface area contributed by atoms with Crippen molar-refractivity contribution in [2.45, 2.75) is 45.6 Å². The fourth-order valence-electron chi connectivity index (χ4n) is 2.18. The summed E-state index contributed by atoms with van der Waals surface area (Å²) in [5.74, 6) is 1.54. The van der Waals surface area contributed by atoms with Gasteiger partial charge in [-0.2, -0.15) is 0 Å². The molecule has 4 heteroatoms. The summed E-state index contributed by atoms with van der Waals surface area (Å²) in [5, 5.41) is 3.48. The van der Waals surface area contributed by atoms with Crippen molar-refractivity contribution < 1.29 is 9.47 Å². The Morgan fingerprint density at radius 2 is 1.91 bits per heavy atom. The van der Waals surface area contributed by atoms with Crippen molar-refractivity contribution in [1.29, 1.82) is 0 Å². The lowest BCUT2D eigenvalue weighted by atomic mass is 10.1. The van der Waals surface area contributed by atoms with Crippen LogP contribution in [-0.4, -0.2) is 20.3 Å². The molecule has 0 atom stereocenters. The summed E-state index contributed by atoms with van der Waals surface area (Å²) in [4.78, 5) is 0. The molecule has 1 aromatic carbocycles. The molecule has 0 saturated carbocycles. The number of unbranched alkanes of at least 4 members (excludes halogenated alkanes) is 4. The van der Waals surface area contributed by atoms with Crippen molar-refractivity contribution in [2.75, 3.05) is 20.3 Å². The third kappa shape index (κ3) is 8.30. The molecule has 0 spiro atoms. The highest BCUT2D eigenvalue weighted by Gasteiger charge is 2.05. The quantitative estimate of drug-likeness (QED) is 0.444. The molecule has 0 radical (unpaired) electrons. The first-order valence-corrected chi connectivity index (χ1v) is 7.93. The van der Waals surface area contributed by atoms with E-state index in [2.05, 4.69) is 24.9 Å². The topological polar surface area (TPSA) is 30.5 Å². The maximum Gasteiger partial charge on any atom is 0.161 e. The lowest BCUT2D eigenvalue weighted by molar-refractivity contribution is 0.326. The van der Waals surface area contributed by atoms with Gasteiger partial charge in [-0.05, 0) is 30.7 Å². The largest absolute Gasteiger partial charge is 0.493 e. The average molecular weight is 328 g/mol. The van der Waals surface area contributed by atoms with Gasteiger partial charge in [-0.15, -0.1) is 12.4 Å². The summed E-state index contributed by atoms with van der Waals surface area (Å²) < 4.78 is 10.9. The maximum absolute atomic E-state index is 5.55. The second kappa shape index (κ2) is 13.5. The molecular weight excluding hydrogens is 298 g/mol. The molecule has 1 aromatic rings. The zero-order chi connectivity index (χ0) is 15.3. The van der Waals surface area contributed by atoms with Crippen molar-refractivity contribution >= 4 is 12.4 Å². The lowest BCUT2D eigenvalue weighted by Gasteiger charge is -2.11. The Bertz CT molecular complexity index is 410. The van der Waals surface area contributed by atoms with Crippen LogP contribution in [0.3, 0.4) is 0 Å². The highest BCUT2D eigenvalue weighted by molar-refractivity contribution is 5.85. The van der Waals surface area contributed by atoms with Crippen molar-refractivity contribution in [3.63, 3.8) is 0 Å². The molecule has 1 N–H and O–H groups in total. The summed E-state index contributed by atoms with van der Waals surface area (Å²) in [6.07, 6.45) is 8.29. The summed E-state index contributed by atoms with van der Waals surface area (Å²) >= 11 is 0. The van der Waals surface area contributed by atoms with Gasteiger partial charge in [0.05, 0.1) is 7.11 Å². The van der Waals surface area contributed by atoms with E-state index < -0.39 is 0 Å². The predicted octanol–water partition coefficient (Wildman–Crippen LogP) is 4.74. The SMILES string of the molecule is C=CCOc1ccc(CNCCCCCCC)cc1OC.Cl. The van der Waals surface area contributed by atoms with Gasteiger partial charge < -0.3 is 14.8 Å². The van der Waals surface area contributed by atoms with Crippen LogP contribution in [0.15, 0.2) is 30.9 Å². The van der Waals surface area contributed by atoms with E-state index in [9.17, 15) is 0 Å². The van der Waals surface area contributed by atoms with E-state index >= 15 is 0 Å². The lowest BCUT2D eigenvalue weighted by Crippen LogP contribution is -2.14. The van der Waals surface area contributed by atoms with Crippen molar-refractivity contribution in [2.24, 2.45) is 0 Å². The molecule has 0 aliphatic heterocycles. The number of benzene rings is 1. The first-order valence-electron chi connectivity index (χ1n) is 7.93. The highest BCUT2D eigenvalue weighted by Crippen LogP contribution is 2.28. The Hall–Kier alpha value is -1.19. The van der Waals surface area contributed by atoms with E-state index in [-0.39, 0.29) is 12.4 Å². The molecule has 1 rings (SSSR count). The monoisotopic (exact) mass is 327 g/mol. The molecule has 0 aromatic heterocycles. The minimum absolute atomic E-state index is 0. The van der Waals surface area contributed by atoms with Crippen LogP contribution in [-0.2, 0) is 6.54 Å². The van der Waals surface area contributed by atoms with Crippen LogP contribution in [0.1, 0.15) is 44.6 Å². The Balaban J connectivity index is 0.00000441. The number of hydrogen-bond acceptors (Lipinski definition) is 3.